The van der Waals surface area contributed by atoms with Gasteiger partial charge in [-0.15, -0.1) is 0 Å². The maximum absolute atomic E-state index is 12.3. The maximum atomic E-state index is 12.3. The smallest absolute Gasteiger partial charge is 0.141 e. The molecule has 2 rings (SSSR count). The highest BCUT2D eigenvalue weighted by atomic mass is 28.3. The quantitative estimate of drug-likeness (QED) is 0.548. The fraction of sp³-hybridized carbons (Fsp3) is 0.471. The number of nitrogens with one attached hydrogen (secondary N) is 1. The summed E-state index contributed by atoms with van der Waals surface area (Å²) in [6, 6.07) is 4.96. The summed E-state index contributed by atoms with van der Waals surface area (Å²) in [4.78, 5) is 0. The van der Waals surface area contributed by atoms with Crippen molar-refractivity contribution < 1.29 is 9.13 Å². The summed E-state index contributed by atoms with van der Waals surface area (Å²) in [5.41, 5.74) is 2.87. The lowest BCUT2D eigenvalue weighted by Gasteiger charge is -2.15. The molecule has 6 nitrogen and oxygen atoms in total. The minimum absolute atomic E-state index is 0.271. The second-order valence-corrected chi connectivity index (χ2v) is 12.6. The third-order valence-electron chi connectivity index (χ3n) is 3.65. The first kappa shape index (κ1) is 19.1. The van der Waals surface area contributed by atoms with Crippen LogP contribution in [-0.4, -0.2) is 41.3 Å². The number of aromatic amines is 1. The van der Waals surface area contributed by atoms with E-state index in [1.807, 2.05) is 0 Å². The summed E-state index contributed by atoms with van der Waals surface area (Å²) in [6.07, 6.45) is 5.28. The molecule has 0 radical (unpaired) electrons. The van der Waals surface area contributed by atoms with Crippen LogP contribution in [0.25, 0.3) is 6.08 Å². The highest BCUT2D eigenvalue weighted by Gasteiger charge is 2.14. The zero-order valence-electron chi connectivity index (χ0n) is 14.9. The van der Waals surface area contributed by atoms with Crippen molar-refractivity contribution >= 4 is 14.1 Å². The van der Waals surface area contributed by atoms with Gasteiger partial charge in [-0.1, -0.05) is 25.7 Å². The second-order valence-electron chi connectivity index (χ2n) is 7.02. The monoisotopic (exact) mass is 361 g/mol. The van der Waals surface area contributed by atoms with E-state index in [0.717, 1.165) is 23.0 Å². The van der Waals surface area contributed by atoms with Crippen molar-refractivity contribution in [2.75, 3.05) is 13.3 Å². The molecule has 0 aliphatic carbocycles. The lowest BCUT2D eigenvalue weighted by molar-refractivity contribution is 0.0777. The molecule has 0 aliphatic rings. The molecule has 0 aliphatic heterocycles. The lowest BCUT2D eigenvalue weighted by Crippen LogP contribution is -2.22. The van der Waals surface area contributed by atoms with E-state index in [1.54, 1.807) is 23.0 Å². The number of ether oxygens (including phenoxy) is 1. The van der Waals surface area contributed by atoms with Gasteiger partial charge in [-0.25, -0.2) is 9.07 Å². The summed E-state index contributed by atoms with van der Waals surface area (Å²) in [6.45, 7) is 7.30. The SMILES string of the molecule is C[Si](C)(C)CCOCn1nc(Cc2cn[nH]c2/C=C/CF)cc1C#N. The zero-order chi connectivity index (χ0) is 18.3. The standard InChI is InChI=1S/C17H24FN5OSi/c1-25(2,3)8-7-24-13-23-16(11-19)10-15(22-23)9-14-12-20-21-17(14)5-4-6-18/h4-5,10,12H,6-9,13H2,1-3H3,(H,20,21)/b5-4+. The highest BCUT2D eigenvalue weighted by molar-refractivity contribution is 6.76. The van der Waals surface area contributed by atoms with Crippen molar-refractivity contribution in [3.8, 4) is 6.07 Å². The Morgan fingerprint density at radius 3 is 2.92 bits per heavy atom. The number of nitriles is 1. The van der Waals surface area contributed by atoms with Gasteiger partial charge in [0.25, 0.3) is 0 Å². The Kier molecular flexibility index (Phi) is 6.67. The zero-order valence-corrected chi connectivity index (χ0v) is 15.9. The van der Waals surface area contributed by atoms with Crippen LogP contribution >= 0.6 is 0 Å². The van der Waals surface area contributed by atoms with E-state index in [1.165, 1.54) is 6.08 Å². The molecule has 0 aromatic carbocycles. The van der Waals surface area contributed by atoms with Crippen molar-refractivity contribution in [3.63, 3.8) is 0 Å². The molecular formula is C17H24FN5OSi. The molecule has 134 valence electrons. The summed E-state index contributed by atoms with van der Waals surface area (Å²) >= 11 is 0. The van der Waals surface area contributed by atoms with Crippen LogP contribution in [0.1, 0.15) is 22.6 Å². The van der Waals surface area contributed by atoms with Crippen LogP contribution in [0.2, 0.25) is 25.7 Å². The Hall–Kier alpha value is -2.24. The number of rotatable bonds is 9. The number of H-pyrrole nitrogens is 1. The molecule has 2 heterocycles. The number of hydrogen-bond donors (Lipinski definition) is 1. The Morgan fingerprint density at radius 2 is 2.24 bits per heavy atom. The van der Waals surface area contributed by atoms with Crippen molar-refractivity contribution in [1.29, 1.82) is 5.26 Å². The first-order valence-electron chi connectivity index (χ1n) is 8.22. The van der Waals surface area contributed by atoms with Crippen LogP contribution in [0.5, 0.6) is 0 Å². The van der Waals surface area contributed by atoms with Gasteiger partial charge in [0.2, 0.25) is 0 Å². The molecule has 0 saturated heterocycles. The average molecular weight is 361 g/mol. The van der Waals surface area contributed by atoms with Gasteiger partial charge in [-0.05, 0) is 18.2 Å². The minimum atomic E-state index is -1.14. The number of nitrogens with zero attached hydrogens (tertiary/aromatic N) is 4. The van der Waals surface area contributed by atoms with Crippen LogP contribution < -0.4 is 0 Å². The van der Waals surface area contributed by atoms with Crippen LogP contribution in [0, 0.1) is 11.3 Å². The van der Waals surface area contributed by atoms with E-state index in [9.17, 15) is 9.65 Å². The maximum Gasteiger partial charge on any atom is 0.141 e. The minimum Gasteiger partial charge on any atom is -0.359 e. The molecule has 2 aromatic rings. The number of alkyl halides is 1. The van der Waals surface area contributed by atoms with Gasteiger partial charge >= 0.3 is 0 Å². The first-order valence-corrected chi connectivity index (χ1v) is 11.9. The van der Waals surface area contributed by atoms with Crippen LogP contribution in [-0.2, 0) is 17.9 Å². The summed E-state index contributed by atoms with van der Waals surface area (Å²) in [7, 11) is -1.14. The Balaban J connectivity index is 2.01. The number of aromatic nitrogens is 4. The van der Waals surface area contributed by atoms with Gasteiger partial charge in [-0.2, -0.15) is 15.5 Å². The summed E-state index contributed by atoms with van der Waals surface area (Å²) in [5, 5.41) is 20.5. The summed E-state index contributed by atoms with van der Waals surface area (Å²) < 4.78 is 19.5. The molecule has 0 saturated carbocycles. The third kappa shape index (κ3) is 5.96. The molecule has 0 atom stereocenters. The Bertz CT molecular complexity index is 754. The molecule has 0 bridgehead atoms. The van der Waals surface area contributed by atoms with Crippen LogP contribution in [0.3, 0.4) is 0 Å². The fourth-order valence-corrected chi connectivity index (χ4v) is 2.99. The average Bonchev–Trinajstić information content (AvgIpc) is 3.15. The molecule has 0 spiro atoms. The van der Waals surface area contributed by atoms with Gasteiger partial charge in [0.05, 0.1) is 17.6 Å². The highest BCUT2D eigenvalue weighted by Crippen LogP contribution is 2.14. The van der Waals surface area contributed by atoms with E-state index in [2.05, 4.69) is 41.0 Å². The molecule has 1 N–H and O–H groups in total. The number of halogens is 1. The van der Waals surface area contributed by atoms with Crippen molar-refractivity contribution in [2.45, 2.75) is 38.8 Å². The largest absolute Gasteiger partial charge is 0.359 e. The van der Waals surface area contributed by atoms with E-state index in [4.69, 9.17) is 4.74 Å². The molecular weight excluding hydrogens is 337 g/mol. The lowest BCUT2D eigenvalue weighted by atomic mass is 10.1. The van der Waals surface area contributed by atoms with E-state index in [0.29, 0.717) is 18.7 Å². The van der Waals surface area contributed by atoms with Crippen molar-refractivity contribution in [3.05, 3.63) is 41.0 Å². The molecule has 0 fully saturated rings. The molecule has 0 amide bonds. The number of hydrogen-bond acceptors (Lipinski definition) is 4. The van der Waals surface area contributed by atoms with Gasteiger partial charge in [0.15, 0.2) is 0 Å². The predicted molar refractivity (Wildman–Crippen MR) is 97.4 cm³/mol. The van der Waals surface area contributed by atoms with E-state index >= 15 is 0 Å². The summed E-state index contributed by atoms with van der Waals surface area (Å²) in [5.74, 6) is 0. The number of allylic oxidation sites excluding steroid dienone is 1. The van der Waals surface area contributed by atoms with Crippen LogP contribution in [0.4, 0.5) is 4.39 Å². The normalized spacial score (nSPS) is 12.0. The van der Waals surface area contributed by atoms with E-state index in [-0.39, 0.29) is 6.73 Å². The predicted octanol–water partition coefficient (Wildman–Crippen LogP) is 3.36. The molecule has 25 heavy (non-hydrogen) atoms. The van der Waals surface area contributed by atoms with Crippen molar-refractivity contribution in [2.24, 2.45) is 0 Å². The van der Waals surface area contributed by atoms with Gasteiger partial charge in [-0.3, -0.25) is 5.10 Å². The van der Waals surface area contributed by atoms with Gasteiger partial charge in [0.1, 0.15) is 25.2 Å². The van der Waals surface area contributed by atoms with E-state index < -0.39 is 14.7 Å². The molecule has 0 unspecified atom stereocenters. The Morgan fingerprint density at radius 1 is 1.44 bits per heavy atom. The Labute approximate surface area is 148 Å². The van der Waals surface area contributed by atoms with Gasteiger partial charge in [0, 0.05) is 26.7 Å². The van der Waals surface area contributed by atoms with Crippen LogP contribution in [0.15, 0.2) is 18.3 Å². The topological polar surface area (TPSA) is 79.5 Å². The van der Waals surface area contributed by atoms with Crippen molar-refractivity contribution in [1.82, 2.24) is 20.0 Å². The second kappa shape index (κ2) is 8.74. The van der Waals surface area contributed by atoms with Gasteiger partial charge < -0.3 is 4.74 Å². The molecule has 2 aromatic heterocycles. The third-order valence-corrected chi connectivity index (χ3v) is 5.36. The molecule has 8 heteroatoms. The fourth-order valence-electron chi connectivity index (χ4n) is 2.24. The first-order chi connectivity index (χ1) is 11.9.